The maximum Gasteiger partial charge on any atom is 0.273 e. The first kappa shape index (κ1) is 17.5. The summed E-state index contributed by atoms with van der Waals surface area (Å²) in [5.41, 5.74) is 1.02. The lowest BCUT2D eigenvalue weighted by Crippen LogP contribution is -2.28. The normalized spacial score (nSPS) is 10.4. The molecule has 1 aromatic carbocycles. The van der Waals surface area contributed by atoms with Crippen LogP contribution in [0.4, 0.5) is 11.5 Å². The molecule has 0 bridgehead atoms. The van der Waals surface area contributed by atoms with E-state index in [4.69, 9.17) is 23.2 Å². The van der Waals surface area contributed by atoms with Crippen LogP contribution < -0.4 is 5.32 Å². The fourth-order valence-corrected chi connectivity index (χ4v) is 2.50. The van der Waals surface area contributed by atoms with Gasteiger partial charge in [0.25, 0.3) is 5.91 Å². The molecular formula is C16H18Cl2N4O. The zero-order valence-electron chi connectivity index (χ0n) is 13.0. The lowest BCUT2D eigenvalue weighted by molar-refractivity contribution is 0.0787. The fraction of sp³-hybridized carbons (Fsp3) is 0.312. The zero-order valence-corrected chi connectivity index (χ0v) is 14.5. The molecule has 5 nitrogen and oxygen atoms in total. The van der Waals surface area contributed by atoms with E-state index in [1.165, 1.54) is 12.4 Å². The van der Waals surface area contributed by atoms with Crippen LogP contribution in [0, 0.1) is 0 Å². The van der Waals surface area contributed by atoms with Crippen molar-refractivity contribution < 1.29 is 4.79 Å². The maximum atomic E-state index is 12.2. The molecule has 0 radical (unpaired) electrons. The summed E-state index contributed by atoms with van der Waals surface area (Å²) in [5, 5.41) is 4.10. The summed E-state index contributed by atoms with van der Waals surface area (Å²) in [6.45, 7) is 2.79. The van der Waals surface area contributed by atoms with Crippen molar-refractivity contribution in [2.24, 2.45) is 0 Å². The number of hydrogen-bond acceptors (Lipinski definition) is 4. The Bertz CT molecular complexity index is 656. The average molecular weight is 353 g/mol. The Hall–Kier alpha value is -1.85. The van der Waals surface area contributed by atoms with Crippen LogP contribution in [-0.2, 0) is 0 Å². The van der Waals surface area contributed by atoms with Crippen molar-refractivity contribution in [2.45, 2.75) is 19.8 Å². The molecule has 0 spiro atoms. The van der Waals surface area contributed by atoms with Crippen LogP contribution in [0.15, 0.2) is 30.6 Å². The second-order valence-corrected chi connectivity index (χ2v) is 6.02. The number of benzene rings is 1. The molecule has 0 aliphatic carbocycles. The summed E-state index contributed by atoms with van der Waals surface area (Å²) in [6, 6.07) is 5.10. The summed E-state index contributed by atoms with van der Waals surface area (Å²) in [5.74, 6) is 0.374. The monoisotopic (exact) mass is 352 g/mol. The van der Waals surface area contributed by atoms with Crippen molar-refractivity contribution in [1.82, 2.24) is 14.9 Å². The molecule has 1 aromatic heterocycles. The van der Waals surface area contributed by atoms with Crippen molar-refractivity contribution in [3.8, 4) is 0 Å². The lowest BCUT2D eigenvalue weighted by atomic mass is 10.3. The molecule has 0 aliphatic rings. The number of rotatable bonds is 6. The average Bonchev–Trinajstić information content (AvgIpc) is 2.51. The van der Waals surface area contributed by atoms with E-state index in [2.05, 4.69) is 22.2 Å². The fourth-order valence-electron chi connectivity index (χ4n) is 1.97. The molecule has 1 N–H and O–H groups in total. The molecule has 1 heterocycles. The number of nitrogens with one attached hydrogen (secondary N) is 1. The van der Waals surface area contributed by atoms with Gasteiger partial charge in [0.05, 0.1) is 12.4 Å². The van der Waals surface area contributed by atoms with Crippen LogP contribution in [0.5, 0.6) is 0 Å². The van der Waals surface area contributed by atoms with Crippen LogP contribution >= 0.6 is 23.2 Å². The van der Waals surface area contributed by atoms with Gasteiger partial charge >= 0.3 is 0 Å². The smallest absolute Gasteiger partial charge is 0.273 e. The predicted molar refractivity (Wildman–Crippen MR) is 93.6 cm³/mol. The van der Waals surface area contributed by atoms with Gasteiger partial charge < -0.3 is 10.2 Å². The molecule has 0 saturated heterocycles. The number of amides is 1. The van der Waals surface area contributed by atoms with Gasteiger partial charge in [-0.15, -0.1) is 0 Å². The SMILES string of the molecule is CCCCN(C)C(=O)c1cnc(Nc2cc(Cl)cc(Cl)c2)cn1. The van der Waals surface area contributed by atoms with Gasteiger partial charge in [0, 0.05) is 29.3 Å². The van der Waals surface area contributed by atoms with Gasteiger partial charge in [-0.3, -0.25) is 4.79 Å². The Balaban J connectivity index is 2.05. The van der Waals surface area contributed by atoms with Gasteiger partial charge in [-0.05, 0) is 24.6 Å². The van der Waals surface area contributed by atoms with Gasteiger partial charge in [0.1, 0.15) is 11.5 Å². The largest absolute Gasteiger partial charge is 0.340 e. The number of anilines is 2. The molecule has 1 amide bonds. The second kappa shape index (κ2) is 8.13. The predicted octanol–water partition coefficient (Wildman–Crippen LogP) is 4.40. The van der Waals surface area contributed by atoms with E-state index in [-0.39, 0.29) is 5.91 Å². The summed E-state index contributed by atoms with van der Waals surface area (Å²) in [7, 11) is 1.76. The minimum absolute atomic E-state index is 0.136. The first-order valence-electron chi connectivity index (χ1n) is 7.30. The number of hydrogen-bond donors (Lipinski definition) is 1. The first-order valence-corrected chi connectivity index (χ1v) is 8.06. The van der Waals surface area contributed by atoms with Crippen molar-refractivity contribution in [3.63, 3.8) is 0 Å². The maximum absolute atomic E-state index is 12.2. The number of halogens is 2. The quantitative estimate of drug-likeness (QED) is 0.836. The number of unbranched alkanes of at least 4 members (excludes halogenated alkanes) is 1. The van der Waals surface area contributed by atoms with Crippen LogP contribution in [0.2, 0.25) is 10.0 Å². The van der Waals surface area contributed by atoms with E-state index < -0.39 is 0 Å². The van der Waals surface area contributed by atoms with Crippen molar-refractivity contribution >= 4 is 40.6 Å². The highest BCUT2D eigenvalue weighted by atomic mass is 35.5. The van der Waals surface area contributed by atoms with Gasteiger partial charge in [0.15, 0.2) is 0 Å². The summed E-state index contributed by atoms with van der Waals surface area (Å²) in [4.78, 5) is 22.2. The number of carbonyl (C=O) groups excluding carboxylic acids is 1. The highest BCUT2D eigenvalue weighted by Crippen LogP contribution is 2.24. The molecule has 2 rings (SSSR count). The topological polar surface area (TPSA) is 58.1 Å². The Morgan fingerprint density at radius 2 is 1.87 bits per heavy atom. The number of carbonyl (C=O) groups is 1. The zero-order chi connectivity index (χ0) is 16.8. The molecule has 7 heteroatoms. The van der Waals surface area contributed by atoms with Crippen LogP contribution in [0.25, 0.3) is 0 Å². The van der Waals surface area contributed by atoms with Crippen LogP contribution in [-0.4, -0.2) is 34.4 Å². The van der Waals surface area contributed by atoms with E-state index in [9.17, 15) is 4.79 Å². The lowest BCUT2D eigenvalue weighted by Gasteiger charge is -2.16. The third-order valence-electron chi connectivity index (χ3n) is 3.20. The minimum atomic E-state index is -0.136. The molecule has 0 saturated carbocycles. The molecule has 0 aliphatic heterocycles. The van der Waals surface area contributed by atoms with Gasteiger partial charge in [-0.25, -0.2) is 9.97 Å². The van der Waals surface area contributed by atoms with Crippen LogP contribution in [0.3, 0.4) is 0 Å². The molecule has 23 heavy (non-hydrogen) atoms. The molecule has 0 fully saturated rings. The molecule has 2 aromatic rings. The van der Waals surface area contributed by atoms with Crippen molar-refractivity contribution in [1.29, 1.82) is 0 Å². The van der Waals surface area contributed by atoms with E-state index in [0.717, 1.165) is 12.8 Å². The first-order chi connectivity index (χ1) is 11.0. The van der Waals surface area contributed by atoms with Gasteiger partial charge in [0.2, 0.25) is 0 Å². The van der Waals surface area contributed by atoms with E-state index in [1.807, 2.05) is 0 Å². The van der Waals surface area contributed by atoms with Crippen molar-refractivity contribution in [2.75, 3.05) is 18.9 Å². The Morgan fingerprint density at radius 3 is 2.43 bits per heavy atom. The highest BCUT2D eigenvalue weighted by molar-refractivity contribution is 6.35. The molecule has 122 valence electrons. The molecule has 0 atom stereocenters. The highest BCUT2D eigenvalue weighted by Gasteiger charge is 2.13. The standard InChI is InChI=1S/C16H18Cl2N4O/c1-3-4-5-22(2)16(23)14-9-20-15(10-19-14)21-13-7-11(17)6-12(18)8-13/h6-10H,3-5H2,1-2H3,(H,20,21). The third kappa shape index (κ3) is 5.08. The van der Waals surface area contributed by atoms with Gasteiger partial charge in [-0.1, -0.05) is 36.5 Å². The molecular weight excluding hydrogens is 335 g/mol. The summed E-state index contributed by atoms with van der Waals surface area (Å²) in [6.07, 6.45) is 4.97. The van der Waals surface area contributed by atoms with Crippen molar-refractivity contribution in [3.05, 3.63) is 46.3 Å². The van der Waals surface area contributed by atoms with Gasteiger partial charge in [-0.2, -0.15) is 0 Å². The second-order valence-electron chi connectivity index (χ2n) is 5.15. The third-order valence-corrected chi connectivity index (χ3v) is 3.64. The summed E-state index contributed by atoms with van der Waals surface area (Å²) < 4.78 is 0. The van der Waals surface area contributed by atoms with Crippen LogP contribution in [0.1, 0.15) is 30.3 Å². The van der Waals surface area contributed by atoms with E-state index >= 15 is 0 Å². The molecule has 0 unspecified atom stereocenters. The Morgan fingerprint density at radius 1 is 1.17 bits per heavy atom. The summed E-state index contributed by atoms with van der Waals surface area (Å²) >= 11 is 11.9. The Kier molecular flexibility index (Phi) is 6.19. The number of aromatic nitrogens is 2. The minimum Gasteiger partial charge on any atom is -0.340 e. The van der Waals surface area contributed by atoms with E-state index in [1.54, 1.807) is 30.1 Å². The Labute approximate surface area is 145 Å². The van der Waals surface area contributed by atoms with E-state index in [0.29, 0.717) is 33.8 Å². The number of nitrogens with zero attached hydrogens (tertiary/aromatic N) is 3.